The standard InChI is InChI=1S/C26H36N4O2S/c1-19-14-20(2)16-29(15-19)17-23-18-33-26(27-23)28-25(32)22-10-12-30(13-11-22)24(31)9-8-21-6-4-3-5-7-21/h3-7,18-20,22H,8-17H2,1-2H3,(H,27,28,32). The minimum Gasteiger partial charge on any atom is -0.343 e. The Kier molecular flexibility index (Phi) is 8.15. The molecule has 2 unspecified atom stereocenters. The summed E-state index contributed by atoms with van der Waals surface area (Å²) in [6, 6.07) is 10.1. The molecule has 0 bridgehead atoms. The Balaban J connectivity index is 1.20. The first kappa shape index (κ1) is 23.9. The zero-order valence-corrected chi connectivity index (χ0v) is 20.7. The molecule has 178 valence electrons. The van der Waals surface area contributed by atoms with E-state index >= 15 is 0 Å². The number of amides is 2. The number of aromatic nitrogens is 1. The van der Waals surface area contributed by atoms with Gasteiger partial charge >= 0.3 is 0 Å². The molecule has 1 aromatic carbocycles. The van der Waals surface area contributed by atoms with Crippen molar-refractivity contribution in [3.8, 4) is 0 Å². The van der Waals surface area contributed by atoms with Crippen LogP contribution in [0.4, 0.5) is 5.13 Å². The summed E-state index contributed by atoms with van der Waals surface area (Å²) >= 11 is 1.51. The average Bonchev–Trinajstić information content (AvgIpc) is 3.24. The van der Waals surface area contributed by atoms with Crippen LogP contribution in [0.3, 0.4) is 0 Å². The van der Waals surface area contributed by atoms with Crippen molar-refractivity contribution in [2.24, 2.45) is 17.8 Å². The highest BCUT2D eigenvalue weighted by molar-refractivity contribution is 7.13. The van der Waals surface area contributed by atoms with E-state index < -0.39 is 0 Å². The highest BCUT2D eigenvalue weighted by Crippen LogP contribution is 2.25. The molecule has 0 aliphatic carbocycles. The number of hydrogen-bond donors (Lipinski definition) is 1. The SMILES string of the molecule is CC1CC(C)CN(Cc2csc(NC(=O)C3CCN(C(=O)CCc4ccccc4)CC3)n2)C1. The lowest BCUT2D eigenvalue weighted by molar-refractivity contribution is -0.134. The summed E-state index contributed by atoms with van der Waals surface area (Å²) in [7, 11) is 0. The number of nitrogens with one attached hydrogen (secondary N) is 1. The molecule has 0 saturated carbocycles. The minimum atomic E-state index is -0.0562. The second-order valence-electron chi connectivity index (χ2n) is 9.91. The normalized spacial score (nSPS) is 22.3. The monoisotopic (exact) mass is 468 g/mol. The summed E-state index contributed by atoms with van der Waals surface area (Å²) in [5.74, 6) is 1.61. The van der Waals surface area contributed by atoms with Crippen LogP contribution in [0.25, 0.3) is 0 Å². The van der Waals surface area contributed by atoms with Gasteiger partial charge in [-0.1, -0.05) is 44.2 Å². The van der Waals surface area contributed by atoms with Crippen LogP contribution in [-0.4, -0.2) is 52.8 Å². The molecule has 2 amide bonds. The molecule has 2 aromatic rings. The van der Waals surface area contributed by atoms with Crippen molar-refractivity contribution < 1.29 is 9.59 Å². The molecule has 2 saturated heterocycles. The van der Waals surface area contributed by atoms with E-state index in [0.717, 1.165) is 43.6 Å². The van der Waals surface area contributed by atoms with Gasteiger partial charge < -0.3 is 10.2 Å². The van der Waals surface area contributed by atoms with Gasteiger partial charge in [0.2, 0.25) is 11.8 Å². The van der Waals surface area contributed by atoms with E-state index in [1.165, 1.54) is 23.3 Å². The Labute approximate surface area is 201 Å². The lowest BCUT2D eigenvalue weighted by atomic mass is 9.92. The summed E-state index contributed by atoms with van der Waals surface area (Å²) in [5, 5.41) is 5.78. The van der Waals surface area contributed by atoms with E-state index in [0.29, 0.717) is 37.5 Å². The summed E-state index contributed by atoms with van der Waals surface area (Å²) in [4.78, 5) is 34.4. The van der Waals surface area contributed by atoms with Crippen LogP contribution in [-0.2, 0) is 22.6 Å². The number of aryl methyl sites for hydroxylation is 1. The molecule has 4 rings (SSSR count). The zero-order chi connectivity index (χ0) is 23.2. The number of piperidine rings is 2. The summed E-state index contributed by atoms with van der Waals surface area (Å²) < 4.78 is 0. The first-order valence-corrected chi connectivity index (χ1v) is 13.1. The van der Waals surface area contributed by atoms with Gasteiger partial charge in [-0.15, -0.1) is 11.3 Å². The lowest BCUT2D eigenvalue weighted by Gasteiger charge is -2.34. The molecule has 2 fully saturated rings. The Hall–Kier alpha value is -2.25. The van der Waals surface area contributed by atoms with Crippen LogP contribution in [0, 0.1) is 17.8 Å². The molecule has 1 aromatic heterocycles. The van der Waals surface area contributed by atoms with Crippen molar-refractivity contribution in [3.63, 3.8) is 0 Å². The third-order valence-corrected chi connectivity index (χ3v) is 7.61. The lowest BCUT2D eigenvalue weighted by Crippen LogP contribution is -2.41. The predicted molar refractivity (Wildman–Crippen MR) is 133 cm³/mol. The van der Waals surface area contributed by atoms with Gasteiger partial charge in [-0.2, -0.15) is 0 Å². The fraction of sp³-hybridized carbons (Fsp3) is 0.577. The van der Waals surface area contributed by atoms with Crippen LogP contribution < -0.4 is 5.32 Å². The number of likely N-dealkylation sites (tertiary alicyclic amines) is 2. The highest BCUT2D eigenvalue weighted by atomic mass is 32.1. The van der Waals surface area contributed by atoms with E-state index in [9.17, 15) is 9.59 Å². The zero-order valence-electron chi connectivity index (χ0n) is 19.8. The Bertz CT molecular complexity index is 913. The molecule has 6 nitrogen and oxygen atoms in total. The summed E-state index contributed by atoms with van der Waals surface area (Å²) in [6.07, 6.45) is 4.01. The Morgan fingerprint density at radius 1 is 1.09 bits per heavy atom. The van der Waals surface area contributed by atoms with Gasteiger partial charge in [0.15, 0.2) is 5.13 Å². The number of benzene rings is 1. The first-order valence-electron chi connectivity index (χ1n) is 12.3. The number of nitrogens with zero attached hydrogens (tertiary/aromatic N) is 3. The van der Waals surface area contributed by atoms with Crippen molar-refractivity contribution in [3.05, 3.63) is 47.0 Å². The first-order chi connectivity index (χ1) is 16.0. The number of rotatable bonds is 7. The minimum absolute atomic E-state index is 0.0347. The fourth-order valence-corrected chi connectivity index (χ4v) is 5.94. The fourth-order valence-electron chi connectivity index (χ4n) is 5.24. The van der Waals surface area contributed by atoms with E-state index in [1.54, 1.807) is 0 Å². The quantitative estimate of drug-likeness (QED) is 0.653. The molecule has 2 aliphatic heterocycles. The molecular formula is C26H36N4O2S. The second-order valence-corrected chi connectivity index (χ2v) is 10.8. The predicted octanol–water partition coefficient (Wildman–Crippen LogP) is 4.43. The van der Waals surface area contributed by atoms with Crippen molar-refractivity contribution >= 4 is 28.3 Å². The van der Waals surface area contributed by atoms with Crippen LogP contribution in [0.1, 0.15) is 50.8 Å². The van der Waals surface area contributed by atoms with E-state index in [1.807, 2.05) is 23.1 Å². The number of carbonyl (C=O) groups excluding carboxylic acids is 2. The molecule has 0 radical (unpaired) electrons. The van der Waals surface area contributed by atoms with Gasteiger partial charge in [0.1, 0.15) is 0 Å². The molecule has 2 aliphatic rings. The van der Waals surface area contributed by atoms with Gasteiger partial charge in [-0.25, -0.2) is 4.98 Å². The molecule has 1 N–H and O–H groups in total. The van der Waals surface area contributed by atoms with Crippen LogP contribution in [0.15, 0.2) is 35.7 Å². The van der Waals surface area contributed by atoms with Gasteiger partial charge in [-0.05, 0) is 43.1 Å². The maximum atomic E-state index is 12.8. The van der Waals surface area contributed by atoms with E-state index in [-0.39, 0.29) is 17.7 Å². The topological polar surface area (TPSA) is 65.5 Å². The molecule has 0 spiro atoms. The maximum absolute atomic E-state index is 12.8. The molecule has 7 heteroatoms. The number of hydrogen-bond acceptors (Lipinski definition) is 5. The van der Waals surface area contributed by atoms with Crippen molar-refractivity contribution in [2.45, 2.75) is 52.5 Å². The molecule has 3 heterocycles. The third-order valence-electron chi connectivity index (χ3n) is 6.80. The summed E-state index contributed by atoms with van der Waals surface area (Å²) in [5.41, 5.74) is 2.22. The van der Waals surface area contributed by atoms with E-state index in [4.69, 9.17) is 0 Å². The van der Waals surface area contributed by atoms with E-state index in [2.05, 4.69) is 46.6 Å². The van der Waals surface area contributed by atoms with Gasteiger partial charge in [0.05, 0.1) is 5.69 Å². The molecule has 2 atom stereocenters. The largest absolute Gasteiger partial charge is 0.343 e. The Morgan fingerprint density at radius 2 is 1.79 bits per heavy atom. The maximum Gasteiger partial charge on any atom is 0.229 e. The van der Waals surface area contributed by atoms with Crippen LogP contribution in [0.2, 0.25) is 0 Å². The molecule has 33 heavy (non-hydrogen) atoms. The summed E-state index contributed by atoms with van der Waals surface area (Å²) in [6.45, 7) is 9.03. The van der Waals surface area contributed by atoms with Crippen LogP contribution in [0.5, 0.6) is 0 Å². The van der Waals surface area contributed by atoms with Crippen molar-refractivity contribution in [2.75, 3.05) is 31.5 Å². The third kappa shape index (κ3) is 6.87. The van der Waals surface area contributed by atoms with Gasteiger partial charge in [0, 0.05) is 50.4 Å². The highest BCUT2D eigenvalue weighted by Gasteiger charge is 2.28. The van der Waals surface area contributed by atoms with Gasteiger partial charge in [-0.3, -0.25) is 14.5 Å². The number of carbonyl (C=O) groups is 2. The number of thiazole rings is 1. The smallest absolute Gasteiger partial charge is 0.229 e. The second kappa shape index (κ2) is 11.3. The average molecular weight is 469 g/mol. The Morgan fingerprint density at radius 3 is 2.48 bits per heavy atom. The number of anilines is 1. The van der Waals surface area contributed by atoms with Crippen molar-refractivity contribution in [1.29, 1.82) is 0 Å². The van der Waals surface area contributed by atoms with Gasteiger partial charge in [0.25, 0.3) is 0 Å². The van der Waals surface area contributed by atoms with Crippen LogP contribution >= 0.6 is 11.3 Å². The molecular weight excluding hydrogens is 432 g/mol. The van der Waals surface area contributed by atoms with Crippen molar-refractivity contribution in [1.82, 2.24) is 14.8 Å².